The molecule has 0 spiro atoms. The Balaban J connectivity index is 2.48. The Kier molecular flexibility index (Phi) is 5.89. The van der Waals surface area contributed by atoms with Gasteiger partial charge in [0.1, 0.15) is 11.5 Å². The molecule has 0 radical (unpaired) electrons. The summed E-state index contributed by atoms with van der Waals surface area (Å²) in [5.41, 5.74) is 0.326. The van der Waals surface area contributed by atoms with Crippen molar-refractivity contribution in [3.63, 3.8) is 0 Å². The van der Waals surface area contributed by atoms with Gasteiger partial charge in [-0.2, -0.15) is 0 Å². The van der Waals surface area contributed by atoms with Crippen LogP contribution in [0.5, 0.6) is 0 Å². The molecular formula is C15H28N2O. The normalized spacial score (nSPS) is 15.0. The SMILES string of the molecule is CCNCC(C)(CC)CN(C)Cc1ccc(C)o1. The van der Waals surface area contributed by atoms with Crippen molar-refractivity contribution >= 4 is 0 Å². The summed E-state index contributed by atoms with van der Waals surface area (Å²) in [5.74, 6) is 2.04. The fraction of sp³-hybridized carbons (Fsp3) is 0.733. The molecule has 1 aromatic rings. The molecule has 1 atom stereocenters. The predicted octanol–water partition coefficient (Wildman–Crippen LogP) is 3.05. The Labute approximate surface area is 112 Å². The number of nitrogens with one attached hydrogen (secondary N) is 1. The quantitative estimate of drug-likeness (QED) is 0.771. The van der Waals surface area contributed by atoms with Crippen LogP contribution in [0.4, 0.5) is 0 Å². The third-order valence-electron chi connectivity index (χ3n) is 3.53. The standard InChI is InChI=1S/C15H28N2O/c1-6-15(4,11-16-7-2)12-17(5)10-14-9-8-13(3)18-14/h8-9,16H,6-7,10-12H2,1-5H3. The molecule has 1 heterocycles. The first-order chi connectivity index (χ1) is 8.49. The van der Waals surface area contributed by atoms with E-state index in [1.165, 1.54) is 6.42 Å². The average Bonchev–Trinajstić information content (AvgIpc) is 2.72. The van der Waals surface area contributed by atoms with Gasteiger partial charge in [-0.3, -0.25) is 4.90 Å². The fourth-order valence-corrected chi connectivity index (χ4v) is 2.26. The van der Waals surface area contributed by atoms with Crippen LogP contribution in [0.1, 0.15) is 38.7 Å². The maximum absolute atomic E-state index is 5.63. The summed E-state index contributed by atoms with van der Waals surface area (Å²) in [6.07, 6.45) is 1.18. The third-order valence-corrected chi connectivity index (χ3v) is 3.53. The highest BCUT2D eigenvalue weighted by Gasteiger charge is 2.23. The second-order valence-corrected chi connectivity index (χ2v) is 5.63. The summed E-state index contributed by atoms with van der Waals surface area (Å²) in [6, 6.07) is 4.10. The molecule has 0 aliphatic heterocycles. The van der Waals surface area contributed by atoms with Crippen LogP contribution in [0.25, 0.3) is 0 Å². The second kappa shape index (κ2) is 6.95. The van der Waals surface area contributed by atoms with Crippen molar-refractivity contribution < 1.29 is 4.42 Å². The van der Waals surface area contributed by atoms with Crippen LogP contribution in [-0.2, 0) is 6.54 Å². The van der Waals surface area contributed by atoms with Crippen molar-refractivity contribution in [2.45, 2.75) is 40.7 Å². The minimum atomic E-state index is 0.326. The van der Waals surface area contributed by atoms with E-state index in [4.69, 9.17) is 4.42 Å². The minimum absolute atomic E-state index is 0.326. The van der Waals surface area contributed by atoms with Crippen LogP contribution in [0.2, 0.25) is 0 Å². The Morgan fingerprint density at radius 1 is 1.33 bits per heavy atom. The Bertz CT molecular complexity index is 348. The molecule has 0 saturated heterocycles. The molecular weight excluding hydrogens is 224 g/mol. The van der Waals surface area contributed by atoms with Gasteiger partial charge in [-0.15, -0.1) is 0 Å². The summed E-state index contributed by atoms with van der Waals surface area (Å²) in [7, 11) is 2.16. The van der Waals surface area contributed by atoms with Crippen molar-refractivity contribution in [2.75, 3.05) is 26.7 Å². The van der Waals surface area contributed by atoms with Crippen molar-refractivity contribution in [2.24, 2.45) is 5.41 Å². The molecule has 0 bridgehead atoms. The molecule has 1 aromatic heterocycles. The highest BCUT2D eigenvalue weighted by atomic mass is 16.3. The third kappa shape index (κ3) is 4.83. The first-order valence-electron chi connectivity index (χ1n) is 6.93. The van der Waals surface area contributed by atoms with Crippen molar-refractivity contribution in [1.82, 2.24) is 10.2 Å². The van der Waals surface area contributed by atoms with Crippen LogP contribution < -0.4 is 5.32 Å². The fourth-order valence-electron chi connectivity index (χ4n) is 2.26. The van der Waals surface area contributed by atoms with Crippen LogP contribution in [-0.4, -0.2) is 31.6 Å². The number of hydrogen-bond acceptors (Lipinski definition) is 3. The summed E-state index contributed by atoms with van der Waals surface area (Å²) in [6.45, 7) is 12.8. The molecule has 0 saturated carbocycles. The average molecular weight is 252 g/mol. The van der Waals surface area contributed by atoms with Gasteiger partial charge >= 0.3 is 0 Å². The summed E-state index contributed by atoms with van der Waals surface area (Å²) >= 11 is 0. The zero-order valence-electron chi connectivity index (χ0n) is 12.5. The number of hydrogen-bond donors (Lipinski definition) is 1. The molecule has 3 heteroatoms. The Morgan fingerprint density at radius 3 is 2.56 bits per heavy atom. The molecule has 0 aliphatic rings. The van der Waals surface area contributed by atoms with E-state index in [2.05, 4.69) is 44.1 Å². The lowest BCUT2D eigenvalue weighted by Gasteiger charge is -2.33. The van der Waals surface area contributed by atoms with E-state index in [1.807, 2.05) is 13.0 Å². The highest BCUT2D eigenvalue weighted by molar-refractivity contribution is 5.05. The van der Waals surface area contributed by atoms with E-state index in [9.17, 15) is 0 Å². The molecule has 0 fully saturated rings. The zero-order chi connectivity index (χ0) is 13.6. The molecule has 0 aliphatic carbocycles. The molecule has 0 aromatic carbocycles. The van der Waals surface area contributed by atoms with Crippen molar-refractivity contribution in [1.29, 1.82) is 0 Å². The maximum atomic E-state index is 5.63. The maximum Gasteiger partial charge on any atom is 0.118 e. The van der Waals surface area contributed by atoms with Gasteiger partial charge in [0.2, 0.25) is 0 Å². The summed E-state index contributed by atoms with van der Waals surface area (Å²) < 4.78 is 5.63. The Morgan fingerprint density at radius 2 is 2.06 bits per heavy atom. The highest BCUT2D eigenvalue weighted by Crippen LogP contribution is 2.22. The zero-order valence-corrected chi connectivity index (χ0v) is 12.5. The lowest BCUT2D eigenvalue weighted by atomic mass is 9.87. The topological polar surface area (TPSA) is 28.4 Å². The van der Waals surface area contributed by atoms with Crippen molar-refractivity contribution in [3.05, 3.63) is 23.7 Å². The molecule has 18 heavy (non-hydrogen) atoms. The lowest BCUT2D eigenvalue weighted by Crippen LogP contribution is -2.40. The predicted molar refractivity (Wildman–Crippen MR) is 76.7 cm³/mol. The molecule has 1 unspecified atom stereocenters. The Hall–Kier alpha value is -0.800. The summed E-state index contributed by atoms with van der Waals surface area (Å²) in [5, 5.41) is 3.46. The van der Waals surface area contributed by atoms with Crippen LogP contribution in [0.15, 0.2) is 16.5 Å². The molecule has 1 rings (SSSR count). The lowest BCUT2D eigenvalue weighted by molar-refractivity contribution is 0.167. The van der Waals surface area contributed by atoms with Gasteiger partial charge in [0.25, 0.3) is 0 Å². The van der Waals surface area contributed by atoms with E-state index in [0.29, 0.717) is 5.41 Å². The number of nitrogens with zero attached hydrogens (tertiary/aromatic N) is 1. The van der Waals surface area contributed by atoms with Crippen LogP contribution >= 0.6 is 0 Å². The van der Waals surface area contributed by atoms with E-state index < -0.39 is 0 Å². The summed E-state index contributed by atoms with van der Waals surface area (Å²) in [4.78, 5) is 2.35. The number of furan rings is 1. The molecule has 104 valence electrons. The molecule has 1 N–H and O–H groups in total. The van der Waals surface area contributed by atoms with Gasteiger partial charge in [-0.05, 0) is 44.5 Å². The van der Waals surface area contributed by atoms with Gasteiger partial charge in [0.05, 0.1) is 6.54 Å². The smallest absolute Gasteiger partial charge is 0.118 e. The number of aryl methyl sites for hydroxylation is 1. The second-order valence-electron chi connectivity index (χ2n) is 5.63. The molecule has 3 nitrogen and oxygen atoms in total. The van der Waals surface area contributed by atoms with Crippen LogP contribution in [0, 0.1) is 12.3 Å². The van der Waals surface area contributed by atoms with Gasteiger partial charge in [-0.1, -0.05) is 20.8 Å². The monoisotopic (exact) mass is 252 g/mol. The number of rotatable bonds is 8. The van der Waals surface area contributed by atoms with E-state index in [-0.39, 0.29) is 0 Å². The van der Waals surface area contributed by atoms with Gasteiger partial charge < -0.3 is 9.73 Å². The first-order valence-corrected chi connectivity index (χ1v) is 6.93. The van der Waals surface area contributed by atoms with Gasteiger partial charge in [0, 0.05) is 13.1 Å². The van der Waals surface area contributed by atoms with Gasteiger partial charge in [0.15, 0.2) is 0 Å². The van der Waals surface area contributed by atoms with E-state index in [1.54, 1.807) is 0 Å². The minimum Gasteiger partial charge on any atom is -0.465 e. The largest absolute Gasteiger partial charge is 0.465 e. The van der Waals surface area contributed by atoms with Gasteiger partial charge in [-0.25, -0.2) is 0 Å². The van der Waals surface area contributed by atoms with Crippen molar-refractivity contribution in [3.8, 4) is 0 Å². The van der Waals surface area contributed by atoms with E-state index in [0.717, 1.165) is 37.7 Å². The van der Waals surface area contributed by atoms with E-state index >= 15 is 0 Å². The first kappa shape index (κ1) is 15.3. The molecule has 0 amide bonds. The van der Waals surface area contributed by atoms with Crippen LogP contribution in [0.3, 0.4) is 0 Å².